The molecule has 3 fully saturated rings. The van der Waals surface area contributed by atoms with E-state index in [0.29, 0.717) is 0 Å². The Labute approximate surface area is 185 Å². The molecule has 14 nitrogen and oxygen atoms in total. The zero-order valence-electron chi connectivity index (χ0n) is 17.5. The third kappa shape index (κ3) is 5.24. The number of rotatable bonds is 6. The van der Waals surface area contributed by atoms with Crippen LogP contribution in [0, 0.1) is 0 Å². The largest absolute Gasteiger partial charge is 0.388 e. The lowest BCUT2D eigenvalue weighted by Crippen LogP contribution is -2.64. The molecule has 0 aromatic carbocycles. The Balaban J connectivity index is 1.66. The molecule has 188 valence electrons. The van der Waals surface area contributed by atoms with Crippen LogP contribution in [0.5, 0.6) is 0 Å². The van der Waals surface area contributed by atoms with E-state index >= 15 is 0 Å². The Hall–Kier alpha value is -0.560. The Morgan fingerprint density at radius 1 is 0.594 bits per heavy atom. The highest BCUT2D eigenvalue weighted by molar-refractivity contribution is 4.96. The van der Waals surface area contributed by atoms with Crippen molar-refractivity contribution in [3.05, 3.63) is 0 Å². The molecule has 14 heteroatoms. The van der Waals surface area contributed by atoms with Gasteiger partial charge >= 0.3 is 0 Å². The van der Waals surface area contributed by atoms with Crippen LogP contribution in [0.1, 0.15) is 12.8 Å². The van der Waals surface area contributed by atoms with Crippen LogP contribution in [-0.2, 0) is 18.9 Å². The molecule has 1 saturated carbocycles. The molecule has 2 aliphatic heterocycles. The van der Waals surface area contributed by atoms with Crippen LogP contribution >= 0.6 is 0 Å². The van der Waals surface area contributed by atoms with Gasteiger partial charge in [0.25, 0.3) is 0 Å². The van der Waals surface area contributed by atoms with Gasteiger partial charge in [0.1, 0.15) is 48.8 Å². The summed E-state index contributed by atoms with van der Waals surface area (Å²) in [6, 6.07) is -1.13. The molecular formula is C18H36N4O10. The van der Waals surface area contributed by atoms with Gasteiger partial charge in [0.2, 0.25) is 0 Å². The van der Waals surface area contributed by atoms with Crippen molar-refractivity contribution in [2.24, 2.45) is 22.9 Å². The third-order valence-electron chi connectivity index (χ3n) is 6.38. The van der Waals surface area contributed by atoms with Crippen LogP contribution in [0.15, 0.2) is 0 Å². The van der Waals surface area contributed by atoms with Gasteiger partial charge in [-0.05, 0) is 6.42 Å². The topological polar surface area (TPSA) is 262 Å². The summed E-state index contributed by atoms with van der Waals surface area (Å²) in [6.07, 6.45) is -14.5. The summed E-state index contributed by atoms with van der Waals surface area (Å²) in [5.74, 6) is 0. The molecule has 0 aromatic heterocycles. The van der Waals surface area contributed by atoms with Gasteiger partial charge in [-0.1, -0.05) is 0 Å². The van der Waals surface area contributed by atoms with Crippen LogP contribution < -0.4 is 22.9 Å². The molecule has 2 saturated heterocycles. The Morgan fingerprint density at radius 3 is 1.31 bits per heavy atom. The number of hydrogen-bond donors (Lipinski definition) is 10. The molecule has 0 radical (unpaired) electrons. The molecular weight excluding hydrogens is 432 g/mol. The van der Waals surface area contributed by atoms with Crippen LogP contribution in [-0.4, -0.2) is 129 Å². The highest BCUT2D eigenvalue weighted by Gasteiger charge is 2.48. The molecule has 0 aromatic rings. The van der Waals surface area contributed by atoms with Gasteiger partial charge in [-0.3, -0.25) is 0 Å². The zero-order chi connectivity index (χ0) is 23.7. The molecule has 14 N–H and O–H groups in total. The second-order valence-electron chi connectivity index (χ2n) is 8.65. The van der Waals surface area contributed by atoms with Gasteiger partial charge in [-0.25, -0.2) is 0 Å². The van der Waals surface area contributed by atoms with E-state index in [9.17, 15) is 30.6 Å². The lowest BCUT2D eigenvalue weighted by Gasteiger charge is -2.46. The van der Waals surface area contributed by atoms with E-state index < -0.39 is 85.7 Å². The summed E-state index contributed by atoms with van der Waals surface area (Å²) in [5.41, 5.74) is 23.4. The fourth-order valence-corrected chi connectivity index (χ4v) is 4.30. The van der Waals surface area contributed by atoms with Crippen molar-refractivity contribution in [2.75, 3.05) is 13.1 Å². The van der Waals surface area contributed by atoms with Gasteiger partial charge in [0.15, 0.2) is 12.6 Å². The molecule has 32 heavy (non-hydrogen) atoms. The Morgan fingerprint density at radius 2 is 0.969 bits per heavy atom. The van der Waals surface area contributed by atoms with Crippen molar-refractivity contribution in [2.45, 2.75) is 98.5 Å². The van der Waals surface area contributed by atoms with E-state index in [2.05, 4.69) is 0 Å². The number of ether oxygens (including phenoxy) is 4. The lowest BCUT2D eigenvalue weighted by molar-refractivity contribution is -0.323. The average molecular weight is 469 g/mol. The highest BCUT2D eigenvalue weighted by Crippen LogP contribution is 2.31. The molecule has 1 aliphatic carbocycles. The second-order valence-corrected chi connectivity index (χ2v) is 8.65. The normalized spacial score (nSPS) is 52.7. The maximum Gasteiger partial charge on any atom is 0.186 e. The number of hydrogen-bond acceptors (Lipinski definition) is 14. The molecule has 0 unspecified atom stereocenters. The first-order valence-electron chi connectivity index (χ1n) is 10.7. The second kappa shape index (κ2) is 10.8. The van der Waals surface area contributed by atoms with E-state index in [-0.39, 0.29) is 25.9 Å². The molecule has 0 bridgehead atoms. The Bertz CT molecular complexity index is 556. The van der Waals surface area contributed by atoms with Crippen molar-refractivity contribution in [1.29, 1.82) is 0 Å². The van der Waals surface area contributed by atoms with Gasteiger partial charge in [-0.15, -0.1) is 0 Å². The molecule has 2 heterocycles. The van der Waals surface area contributed by atoms with Gasteiger partial charge < -0.3 is 72.5 Å². The monoisotopic (exact) mass is 468 g/mol. The first-order chi connectivity index (χ1) is 15.1. The fraction of sp³-hybridized carbons (Fsp3) is 1.00. The van der Waals surface area contributed by atoms with Crippen molar-refractivity contribution in [3.8, 4) is 0 Å². The standard InChI is InChI=1S/C18H36N4O10/c19-3-9-11(23)13(25)15(27)17(31-9)29-7-2-8(6(22)1-5(7)21)30-18-16(28)14(26)12(24)10(4-20)32-18/h5-18,23-28H,1-4,19-22H2/t5-,6-,7-,8-,9-,10+,11-,12+,13+,14-,15-,16+,17+,18+/m1/s1. The molecule has 14 atom stereocenters. The molecule has 3 aliphatic rings. The predicted octanol–water partition coefficient (Wildman–Crippen LogP) is -6.26. The van der Waals surface area contributed by atoms with E-state index in [1.165, 1.54) is 0 Å². The molecule has 3 rings (SSSR count). The van der Waals surface area contributed by atoms with Crippen LogP contribution in [0.25, 0.3) is 0 Å². The quantitative estimate of drug-likeness (QED) is 0.174. The minimum atomic E-state index is -1.54. The lowest BCUT2D eigenvalue weighted by atomic mass is 9.86. The van der Waals surface area contributed by atoms with Gasteiger partial charge in [0, 0.05) is 31.6 Å². The first-order valence-corrected chi connectivity index (χ1v) is 10.7. The van der Waals surface area contributed by atoms with Crippen LogP contribution in [0.4, 0.5) is 0 Å². The Kier molecular flexibility index (Phi) is 8.79. The molecule has 0 amide bonds. The summed E-state index contributed by atoms with van der Waals surface area (Å²) >= 11 is 0. The summed E-state index contributed by atoms with van der Waals surface area (Å²) in [6.45, 7) is -0.211. The van der Waals surface area contributed by atoms with Crippen LogP contribution in [0.3, 0.4) is 0 Å². The smallest absolute Gasteiger partial charge is 0.186 e. The summed E-state index contributed by atoms with van der Waals surface area (Å²) in [7, 11) is 0. The SMILES string of the molecule is NC[C@@H]1O[C@H](O[C@@H]2C[C@@H](O[C@H]3O[C@H](CN)[C@@H](O)[C@H](O)[C@H]3O)[C@H](N)C[C@H]2N)[C@@H](O)[C@H](O)[C@H]1O. The summed E-state index contributed by atoms with van der Waals surface area (Å²) < 4.78 is 22.6. The van der Waals surface area contributed by atoms with E-state index in [1.807, 2.05) is 0 Å². The zero-order valence-corrected chi connectivity index (χ0v) is 17.5. The van der Waals surface area contributed by atoms with E-state index in [0.717, 1.165) is 0 Å². The van der Waals surface area contributed by atoms with Crippen LogP contribution in [0.2, 0.25) is 0 Å². The number of aliphatic hydroxyl groups excluding tert-OH is 6. The first kappa shape index (κ1) is 26.1. The third-order valence-corrected chi connectivity index (χ3v) is 6.38. The van der Waals surface area contributed by atoms with E-state index in [4.69, 9.17) is 41.9 Å². The minimum Gasteiger partial charge on any atom is -0.388 e. The van der Waals surface area contributed by atoms with Crippen molar-refractivity contribution >= 4 is 0 Å². The summed E-state index contributed by atoms with van der Waals surface area (Å²) in [4.78, 5) is 0. The maximum atomic E-state index is 10.2. The molecule has 0 spiro atoms. The van der Waals surface area contributed by atoms with Crippen molar-refractivity contribution in [3.63, 3.8) is 0 Å². The average Bonchev–Trinajstić information content (AvgIpc) is 2.77. The predicted molar refractivity (Wildman–Crippen MR) is 106 cm³/mol. The maximum absolute atomic E-state index is 10.2. The fourth-order valence-electron chi connectivity index (χ4n) is 4.30. The number of aliphatic hydroxyl groups is 6. The highest BCUT2D eigenvalue weighted by atomic mass is 16.7. The number of nitrogens with two attached hydrogens (primary N) is 4. The summed E-state index contributed by atoms with van der Waals surface area (Å²) in [5, 5.41) is 60.5. The van der Waals surface area contributed by atoms with E-state index in [1.54, 1.807) is 0 Å². The van der Waals surface area contributed by atoms with Gasteiger partial charge in [-0.2, -0.15) is 0 Å². The van der Waals surface area contributed by atoms with Crippen molar-refractivity contribution < 1.29 is 49.6 Å². The minimum absolute atomic E-state index is 0.106. The van der Waals surface area contributed by atoms with Gasteiger partial charge in [0.05, 0.1) is 12.2 Å². The van der Waals surface area contributed by atoms with Crippen molar-refractivity contribution in [1.82, 2.24) is 0 Å².